The highest BCUT2D eigenvalue weighted by Gasteiger charge is 2.20. The molecular weight excluding hydrogens is 372 g/mol. The van der Waals surface area contributed by atoms with Gasteiger partial charge in [-0.2, -0.15) is 0 Å². The van der Waals surface area contributed by atoms with Crippen LogP contribution < -0.4 is 10.6 Å². The van der Waals surface area contributed by atoms with E-state index >= 15 is 0 Å². The van der Waals surface area contributed by atoms with Crippen LogP contribution >= 0.6 is 23.8 Å². The van der Waals surface area contributed by atoms with Crippen molar-refractivity contribution in [2.75, 3.05) is 5.32 Å². The number of non-ortho nitro benzene ring substituents is 1. The molecule has 0 bridgehead atoms. The van der Waals surface area contributed by atoms with Crippen molar-refractivity contribution in [2.45, 2.75) is 0 Å². The summed E-state index contributed by atoms with van der Waals surface area (Å²) in [4.78, 5) is 32.4. The first kappa shape index (κ1) is 18.2. The first-order valence-corrected chi connectivity index (χ1v) is 7.38. The van der Waals surface area contributed by atoms with E-state index < -0.39 is 15.8 Å². The molecule has 0 heterocycles. The molecule has 0 saturated carbocycles. The number of nitrogens with one attached hydrogen (secondary N) is 2. The third-order valence-electron chi connectivity index (χ3n) is 2.98. The molecule has 0 spiro atoms. The summed E-state index contributed by atoms with van der Waals surface area (Å²) in [6.07, 6.45) is 0. The zero-order valence-corrected chi connectivity index (χ0v) is 13.8. The molecule has 0 aromatic heterocycles. The third kappa shape index (κ3) is 4.46. The minimum atomic E-state index is -0.775. The quantitative estimate of drug-likeness (QED) is 0.473. The lowest BCUT2D eigenvalue weighted by Gasteiger charge is -2.11. The predicted molar refractivity (Wildman–Crippen MR) is 94.9 cm³/mol. The zero-order chi connectivity index (χ0) is 18.6. The third-order valence-corrected chi connectivity index (χ3v) is 3.50. The molecule has 0 saturated heterocycles. The smallest absolute Gasteiger partial charge is 0.282 e. The minimum Gasteiger partial charge on any atom is -0.331 e. The fourth-order valence-corrected chi connectivity index (χ4v) is 2.29. The molecule has 0 aliphatic heterocycles. The van der Waals surface area contributed by atoms with E-state index in [1.54, 1.807) is 0 Å². The van der Waals surface area contributed by atoms with Crippen LogP contribution in [0.15, 0.2) is 42.5 Å². The number of nitro benzene ring substituents is 2. The van der Waals surface area contributed by atoms with E-state index in [0.29, 0.717) is 0 Å². The molecular formula is C14H9ClN4O5S. The second kappa shape index (κ2) is 7.64. The average molecular weight is 381 g/mol. The molecule has 2 N–H and O–H groups in total. The second-order valence-corrected chi connectivity index (χ2v) is 5.42. The van der Waals surface area contributed by atoms with Crippen molar-refractivity contribution in [3.63, 3.8) is 0 Å². The molecule has 0 fully saturated rings. The first-order chi connectivity index (χ1) is 11.8. The van der Waals surface area contributed by atoms with Crippen LogP contribution in [-0.4, -0.2) is 20.9 Å². The van der Waals surface area contributed by atoms with Crippen molar-refractivity contribution in [1.29, 1.82) is 0 Å². The van der Waals surface area contributed by atoms with Gasteiger partial charge >= 0.3 is 0 Å². The van der Waals surface area contributed by atoms with Gasteiger partial charge in [0.2, 0.25) is 0 Å². The summed E-state index contributed by atoms with van der Waals surface area (Å²) in [7, 11) is 0. The number of hydrogen-bond donors (Lipinski definition) is 2. The number of nitrogens with zero attached hydrogens (tertiary/aromatic N) is 2. The lowest BCUT2D eigenvalue weighted by Crippen LogP contribution is -2.34. The van der Waals surface area contributed by atoms with Gasteiger partial charge in [-0.25, -0.2) is 0 Å². The van der Waals surface area contributed by atoms with E-state index in [1.807, 2.05) is 0 Å². The lowest BCUT2D eigenvalue weighted by atomic mass is 10.1. The predicted octanol–water partition coefficient (Wildman–Crippen LogP) is 3.28. The number of thiocarbonyl (C=S) groups is 1. The summed E-state index contributed by atoms with van der Waals surface area (Å²) in [6.45, 7) is 0. The van der Waals surface area contributed by atoms with Crippen LogP contribution in [0.5, 0.6) is 0 Å². The maximum atomic E-state index is 12.1. The number of benzene rings is 2. The largest absolute Gasteiger partial charge is 0.331 e. The van der Waals surface area contributed by atoms with Crippen LogP contribution in [0.4, 0.5) is 17.1 Å². The van der Waals surface area contributed by atoms with Gasteiger partial charge < -0.3 is 5.32 Å². The molecule has 9 nitrogen and oxygen atoms in total. The summed E-state index contributed by atoms with van der Waals surface area (Å²) in [5.74, 6) is -0.775. The summed E-state index contributed by atoms with van der Waals surface area (Å²) in [6, 6.07) is 9.04. The number of carbonyl (C=O) groups excluding carboxylic acids is 1. The van der Waals surface area contributed by atoms with E-state index in [0.717, 1.165) is 6.07 Å². The van der Waals surface area contributed by atoms with Crippen molar-refractivity contribution in [3.05, 3.63) is 73.3 Å². The molecule has 0 aliphatic rings. The Balaban J connectivity index is 2.12. The molecule has 0 aliphatic carbocycles. The molecule has 2 rings (SSSR count). The zero-order valence-electron chi connectivity index (χ0n) is 12.3. The number of hydrogen-bond acceptors (Lipinski definition) is 6. The lowest BCUT2D eigenvalue weighted by molar-refractivity contribution is -0.385. The van der Waals surface area contributed by atoms with Gasteiger partial charge in [-0.3, -0.25) is 30.3 Å². The fraction of sp³-hybridized carbons (Fsp3) is 0. The number of halogens is 1. The van der Waals surface area contributed by atoms with Gasteiger partial charge in [0.15, 0.2) is 5.11 Å². The Morgan fingerprint density at radius 2 is 1.76 bits per heavy atom. The Labute approximate surface area is 150 Å². The van der Waals surface area contributed by atoms with Gasteiger partial charge in [0.1, 0.15) is 5.56 Å². The Kier molecular flexibility index (Phi) is 5.57. The average Bonchev–Trinajstić information content (AvgIpc) is 2.56. The normalized spacial score (nSPS) is 9.96. The molecule has 25 heavy (non-hydrogen) atoms. The van der Waals surface area contributed by atoms with Gasteiger partial charge in [-0.1, -0.05) is 23.7 Å². The monoisotopic (exact) mass is 380 g/mol. The standard InChI is InChI=1S/C14H9ClN4O5S/c15-10-7-8(18(21)22)5-6-11(10)16-14(25)17-13(20)9-3-1-2-4-12(9)19(23)24/h1-7H,(H2,16,17,20,25). The van der Waals surface area contributed by atoms with E-state index in [4.69, 9.17) is 23.8 Å². The summed E-state index contributed by atoms with van der Waals surface area (Å²) in [5, 5.41) is 26.4. The van der Waals surface area contributed by atoms with Gasteiger partial charge in [0.25, 0.3) is 17.3 Å². The van der Waals surface area contributed by atoms with E-state index in [2.05, 4.69) is 10.6 Å². The highest BCUT2D eigenvalue weighted by Crippen LogP contribution is 2.26. The highest BCUT2D eigenvalue weighted by molar-refractivity contribution is 7.80. The maximum Gasteiger partial charge on any atom is 0.282 e. The Morgan fingerprint density at radius 3 is 2.36 bits per heavy atom. The fourth-order valence-electron chi connectivity index (χ4n) is 1.87. The van der Waals surface area contributed by atoms with E-state index in [1.165, 1.54) is 36.4 Å². The van der Waals surface area contributed by atoms with E-state index in [-0.39, 0.29) is 32.8 Å². The van der Waals surface area contributed by atoms with Crippen LogP contribution in [0.2, 0.25) is 5.02 Å². The van der Waals surface area contributed by atoms with Crippen molar-refractivity contribution in [1.82, 2.24) is 5.32 Å². The summed E-state index contributed by atoms with van der Waals surface area (Å²) < 4.78 is 0. The maximum absolute atomic E-state index is 12.1. The number of carbonyl (C=O) groups is 1. The van der Waals surface area contributed by atoms with Gasteiger partial charge in [0.05, 0.1) is 20.6 Å². The van der Waals surface area contributed by atoms with Crippen molar-refractivity contribution >= 4 is 51.9 Å². The second-order valence-electron chi connectivity index (χ2n) is 4.60. The summed E-state index contributed by atoms with van der Waals surface area (Å²) >= 11 is 10.9. The van der Waals surface area contributed by atoms with Gasteiger partial charge in [-0.05, 0) is 24.4 Å². The van der Waals surface area contributed by atoms with Crippen LogP contribution in [0.3, 0.4) is 0 Å². The summed E-state index contributed by atoms with van der Waals surface area (Å²) in [5.41, 5.74) is -0.492. The van der Waals surface area contributed by atoms with E-state index in [9.17, 15) is 25.0 Å². The molecule has 0 unspecified atom stereocenters. The Hall–Kier alpha value is -3.11. The number of rotatable bonds is 4. The minimum absolute atomic E-state index is 0.0245. The van der Waals surface area contributed by atoms with Crippen LogP contribution in [0.1, 0.15) is 10.4 Å². The van der Waals surface area contributed by atoms with Crippen LogP contribution in [0, 0.1) is 20.2 Å². The molecule has 2 aromatic rings. The SMILES string of the molecule is O=C(NC(=S)Nc1ccc([N+](=O)[O-])cc1Cl)c1ccccc1[N+](=O)[O-]. The first-order valence-electron chi connectivity index (χ1n) is 6.59. The molecule has 128 valence electrons. The Bertz CT molecular complexity index is 889. The Morgan fingerprint density at radius 1 is 1.08 bits per heavy atom. The molecule has 11 heteroatoms. The van der Waals surface area contributed by atoms with Crippen molar-refractivity contribution in [2.24, 2.45) is 0 Å². The molecule has 0 radical (unpaired) electrons. The molecule has 1 amide bonds. The number of nitro groups is 2. The topological polar surface area (TPSA) is 127 Å². The number of anilines is 1. The van der Waals surface area contributed by atoms with Gasteiger partial charge in [0, 0.05) is 18.2 Å². The number of amides is 1. The van der Waals surface area contributed by atoms with Crippen molar-refractivity contribution < 1.29 is 14.6 Å². The van der Waals surface area contributed by atoms with Crippen LogP contribution in [0.25, 0.3) is 0 Å². The molecule has 2 aromatic carbocycles. The highest BCUT2D eigenvalue weighted by atomic mass is 35.5. The van der Waals surface area contributed by atoms with Crippen LogP contribution in [-0.2, 0) is 0 Å². The van der Waals surface area contributed by atoms with Crippen molar-refractivity contribution in [3.8, 4) is 0 Å². The van der Waals surface area contributed by atoms with Gasteiger partial charge in [-0.15, -0.1) is 0 Å². The number of para-hydroxylation sites is 1. The molecule has 0 atom stereocenters.